The third-order valence-electron chi connectivity index (χ3n) is 3.61. The number of aliphatic imine (C=N–C) groups is 1. The lowest BCUT2D eigenvalue weighted by atomic mass is 10.2. The summed E-state index contributed by atoms with van der Waals surface area (Å²) in [4.78, 5) is 21.6. The van der Waals surface area contributed by atoms with E-state index in [9.17, 15) is 4.79 Å². The molecule has 0 fully saturated rings. The topological polar surface area (TPSA) is 86.5 Å². The van der Waals surface area contributed by atoms with Crippen LogP contribution in [0.2, 0.25) is 0 Å². The van der Waals surface area contributed by atoms with Gasteiger partial charge >= 0.3 is 0 Å². The summed E-state index contributed by atoms with van der Waals surface area (Å²) in [5, 5.41) is 3.60. The molecule has 0 bridgehead atoms. The van der Waals surface area contributed by atoms with Crippen molar-refractivity contribution in [3.63, 3.8) is 0 Å². The molecule has 118 valence electrons. The fourth-order valence-electron chi connectivity index (χ4n) is 2.27. The van der Waals surface area contributed by atoms with Crippen molar-refractivity contribution >= 4 is 22.8 Å². The van der Waals surface area contributed by atoms with Crippen LogP contribution in [0.15, 0.2) is 35.3 Å². The summed E-state index contributed by atoms with van der Waals surface area (Å²) in [6.07, 6.45) is 0. The molecule has 0 saturated carbocycles. The van der Waals surface area contributed by atoms with Crippen molar-refractivity contribution in [3.8, 4) is 0 Å². The molecule has 0 unspecified atom stereocenters. The Morgan fingerprint density at radius 3 is 2.73 bits per heavy atom. The standard InChI is InChI=1S/C16H23N5O/c1-3-21(4-2)10-9-18-16(17)20-15(22)14-11-12-7-5-6-8-13(12)19-14/h5-8,11,19H,3-4,9-10H2,1-2H3,(H3,17,18,20,22). The van der Waals surface area contributed by atoms with Gasteiger partial charge in [-0.25, -0.2) is 0 Å². The summed E-state index contributed by atoms with van der Waals surface area (Å²) >= 11 is 0. The van der Waals surface area contributed by atoms with Crippen LogP contribution in [0.5, 0.6) is 0 Å². The Morgan fingerprint density at radius 2 is 2.05 bits per heavy atom. The van der Waals surface area contributed by atoms with E-state index in [1.165, 1.54) is 0 Å². The monoisotopic (exact) mass is 301 g/mol. The largest absolute Gasteiger partial charge is 0.370 e. The van der Waals surface area contributed by atoms with Crippen LogP contribution < -0.4 is 11.1 Å². The molecule has 1 amide bonds. The van der Waals surface area contributed by atoms with Gasteiger partial charge in [0.25, 0.3) is 5.91 Å². The van der Waals surface area contributed by atoms with Gasteiger partial charge in [0, 0.05) is 17.4 Å². The molecule has 1 heterocycles. The van der Waals surface area contributed by atoms with Crippen LogP contribution in [0.3, 0.4) is 0 Å². The van der Waals surface area contributed by atoms with E-state index in [2.05, 4.69) is 34.0 Å². The van der Waals surface area contributed by atoms with E-state index < -0.39 is 0 Å². The van der Waals surface area contributed by atoms with E-state index in [1.807, 2.05) is 24.3 Å². The smallest absolute Gasteiger partial charge is 0.274 e. The lowest BCUT2D eigenvalue weighted by molar-refractivity contribution is 0.0972. The van der Waals surface area contributed by atoms with Gasteiger partial charge in [0.05, 0.1) is 6.54 Å². The summed E-state index contributed by atoms with van der Waals surface area (Å²) in [7, 11) is 0. The number of nitrogens with two attached hydrogens (primary N) is 1. The average Bonchev–Trinajstić information content (AvgIpc) is 2.95. The second-order valence-electron chi connectivity index (χ2n) is 5.02. The first kappa shape index (κ1) is 16.0. The lowest BCUT2D eigenvalue weighted by Crippen LogP contribution is -2.37. The highest BCUT2D eigenvalue weighted by Crippen LogP contribution is 2.14. The highest BCUT2D eigenvalue weighted by atomic mass is 16.2. The van der Waals surface area contributed by atoms with Crippen molar-refractivity contribution in [1.29, 1.82) is 0 Å². The number of H-pyrrole nitrogens is 1. The molecule has 0 aliphatic rings. The van der Waals surface area contributed by atoms with Crippen molar-refractivity contribution in [2.24, 2.45) is 10.7 Å². The highest BCUT2D eigenvalue weighted by molar-refractivity contribution is 6.06. The summed E-state index contributed by atoms with van der Waals surface area (Å²) < 4.78 is 0. The van der Waals surface area contributed by atoms with Gasteiger partial charge in [-0.3, -0.25) is 15.1 Å². The van der Waals surface area contributed by atoms with E-state index in [0.717, 1.165) is 30.5 Å². The predicted octanol–water partition coefficient (Wildman–Crippen LogP) is 1.55. The van der Waals surface area contributed by atoms with Gasteiger partial charge in [0.15, 0.2) is 5.96 Å². The lowest BCUT2D eigenvalue weighted by Gasteiger charge is -2.16. The van der Waals surface area contributed by atoms with E-state index in [-0.39, 0.29) is 11.9 Å². The number of guanidine groups is 1. The van der Waals surface area contributed by atoms with Gasteiger partial charge in [-0.2, -0.15) is 0 Å². The number of hydrogen-bond donors (Lipinski definition) is 3. The predicted molar refractivity (Wildman–Crippen MR) is 90.0 cm³/mol. The van der Waals surface area contributed by atoms with E-state index >= 15 is 0 Å². The van der Waals surface area contributed by atoms with Gasteiger partial charge in [0.2, 0.25) is 0 Å². The minimum absolute atomic E-state index is 0.149. The zero-order valence-corrected chi connectivity index (χ0v) is 13.1. The molecule has 22 heavy (non-hydrogen) atoms. The van der Waals surface area contributed by atoms with Gasteiger partial charge in [0.1, 0.15) is 5.69 Å². The first-order chi connectivity index (χ1) is 10.6. The number of carbonyl (C=O) groups excluding carboxylic acids is 1. The number of carbonyl (C=O) groups is 1. The molecule has 2 aromatic rings. The van der Waals surface area contributed by atoms with Crippen LogP contribution >= 0.6 is 0 Å². The van der Waals surface area contributed by atoms with Crippen LogP contribution in [0, 0.1) is 0 Å². The number of para-hydroxylation sites is 1. The maximum Gasteiger partial charge on any atom is 0.274 e. The van der Waals surface area contributed by atoms with Crippen molar-refractivity contribution in [1.82, 2.24) is 15.2 Å². The Labute approximate surface area is 130 Å². The molecule has 0 aliphatic heterocycles. The van der Waals surface area contributed by atoms with Crippen molar-refractivity contribution in [3.05, 3.63) is 36.0 Å². The zero-order valence-electron chi connectivity index (χ0n) is 13.1. The van der Waals surface area contributed by atoms with Gasteiger partial charge in [-0.15, -0.1) is 0 Å². The Bertz CT molecular complexity index is 624. The molecule has 0 radical (unpaired) electrons. The summed E-state index contributed by atoms with van der Waals surface area (Å²) in [6.45, 7) is 7.57. The number of likely N-dealkylation sites (N-methyl/N-ethyl adjacent to an activating group) is 1. The van der Waals surface area contributed by atoms with Gasteiger partial charge in [-0.05, 0) is 25.2 Å². The Hall–Kier alpha value is -2.34. The Morgan fingerprint density at radius 1 is 1.32 bits per heavy atom. The number of nitrogens with zero attached hydrogens (tertiary/aromatic N) is 2. The number of benzene rings is 1. The van der Waals surface area contributed by atoms with Crippen molar-refractivity contribution in [2.75, 3.05) is 26.2 Å². The number of rotatable bonds is 6. The molecule has 2 rings (SSSR count). The molecule has 6 nitrogen and oxygen atoms in total. The zero-order chi connectivity index (χ0) is 15.9. The number of hydrogen-bond acceptors (Lipinski definition) is 3. The minimum Gasteiger partial charge on any atom is -0.370 e. The third-order valence-corrected chi connectivity index (χ3v) is 3.61. The molecule has 1 aromatic heterocycles. The molecular formula is C16H23N5O. The fraction of sp³-hybridized carbons (Fsp3) is 0.375. The van der Waals surface area contributed by atoms with E-state index in [0.29, 0.717) is 12.2 Å². The summed E-state index contributed by atoms with van der Waals surface area (Å²) in [5.74, 6) is -0.129. The molecule has 0 atom stereocenters. The van der Waals surface area contributed by atoms with E-state index in [1.54, 1.807) is 6.07 Å². The Kier molecular flexibility index (Phi) is 5.55. The van der Waals surface area contributed by atoms with E-state index in [4.69, 9.17) is 5.73 Å². The van der Waals surface area contributed by atoms with Crippen LogP contribution in [0.25, 0.3) is 10.9 Å². The van der Waals surface area contributed by atoms with Crippen molar-refractivity contribution in [2.45, 2.75) is 13.8 Å². The first-order valence-electron chi connectivity index (χ1n) is 7.55. The maximum absolute atomic E-state index is 12.1. The van der Waals surface area contributed by atoms with Gasteiger partial charge in [-0.1, -0.05) is 32.0 Å². The van der Waals surface area contributed by atoms with Crippen LogP contribution in [0.4, 0.5) is 0 Å². The first-order valence-corrected chi connectivity index (χ1v) is 7.55. The van der Waals surface area contributed by atoms with Crippen LogP contribution in [0.1, 0.15) is 24.3 Å². The normalized spacial score (nSPS) is 12.0. The summed E-state index contributed by atoms with van der Waals surface area (Å²) in [6, 6.07) is 9.52. The van der Waals surface area contributed by atoms with Crippen LogP contribution in [-0.4, -0.2) is 47.9 Å². The van der Waals surface area contributed by atoms with Crippen LogP contribution in [-0.2, 0) is 0 Å². The molecule has 4 N–H and O–H groups in total. The number of aromatic amines is 1. The number of fused-ring (bicyclic) bond motifs is 1. The van der Waals surface area contributed by atoms with Gasteiger partial charge < -0.3 is 15.6 Å². The quantitative estimate of drug-likeness (QED) is 0.559. The third kappa shape index (κ3) is 4.08. The fourth-order valence-corrected chi connectivity index (χ4v) is 2.27. The SMILES string of the molecule is CCN(CC)CCN=C(N)NC(=O)c1cc2ccccc2[nH]1. The van der Waals surface area contributed by atoms with Crippen molar-refractivity contribution < 1.29 is 4.79 Å². The summed E-state index contributed by atoms with van der Waals surface area (Å²) in [5.41, 5.74) is 7.16. The molecule has 1 aromatic carbocycles. The highest BCUT2D eigenvalue weighted by Gasteiger charge is 2.10. The number of aromatic nitrogens is 1. The maximum atomic E-state index is 12.1. The molecule has 0 saturated heterocycles. The second-order valence-corrected chi connectivity index (χ2v) is 5.02. The number of amides is 1. The number of nitrogens with one attached hydrogen (secondary N) is 2. The molecule has 0 spiro atoms. The molecule has 6 heteroatoms. The second kappa shape index (κ2) is 7.61. The molecule has 0 aliphatic carbocycles. The average molecular weight is 301 g/mol. The molecular weight excluding hydrogens is 278 g/mol. The Balaban J connectivity index is 1.93. The minimum atomic E-state index is -0.278.